The molecule has 11 nitrogen and oxygen atoms in total. The van der Waals surface area contributed by atoms with Gasteiger partial charge in [-0.15, -0.1) is 0 Å². The maximum atomic E-state index is 15.3. The molecule has 12 heteroatoms. The zero-order valence-corrected chi connectivity index (χ0v) is 24.5. The number of nitrogens with zero attached hydrogens (tertiary/aromatic N) is 7. The lowest BCUT2D eigenvalue weighted by Crippen LogP contribution is -2.56. The predicted octanol–water partition coefficient (Wildman–Crippen LogP) is 4.24. The summed E-state index contributed by atoms with van der Waals surface area (Å²) in [4.78, 5) is 36.7. The third-order valence-electron chi connectivity index (χ3n) is 7.38. The number of carbonyl (C=O) groups is 1. The number of carbonyl (C=O) groups excluding carboxylic acids is 1. The van der Waals surface area contributed by atoms with Crippen LogP contribution in [0.15, 0.2) is 55.1 Å². The van der Waals surface area contributed by atoms with E-state index in [1.54, 1.807) is 24.5 Å². The van der Waals surface area contributed by atoms with Crippen molar-refractivity contribution in [2.45, 2.75) is 19.9 Å². The lowest BCUT2D eigenvalue weighted by molar-refractivity contribution is -0.129. The molecule has 6 rings (SSSR count). The summed E-state index contributed by atoms with van der Waals surface area (Å²) in [6.07, 6.45) is 8.22. The van der Waals surface area contributed by atoms with Crippen LogP contribution in [0.3, 0.4) is 0 Å². The summed E-state index contributed by atoms with van der Waals surface area (Å²) in [6.45, 7) is 6.52. The fourth-order valence-corrected chi connectivity index (χ4v) is 5.22. The number of pyridine rings is 2. The summed E-state index contributed by atoms with van der Waals surface area (Å²) in [7, 11) is 3.92. The van der Waals surface area contributed by atoms with E-state index in [0.717, 1.165) is 11.1 Å². The average Bonchev–Trinajstić information content (AvgIpc) is 3.10. The van der Waals surface area contributed by atoms with Crippen molar-refractivity contribution in [2.75, 3.05) is 57.1 Å². The van der Waals surface area contributed by atoms with Crippen LogP contribution in [0.1, 0.15) is 11.1 Å². The van der Waals surface area contributed by atoms with Gasteiger partial charge in [0.15, 0.2) is 17.4 Å². The number of aryl methyl sites for hydroxylation is 2. The smallest absolute Gasteiger partial charge is 0.246 e. The van der Waals surface area contributed by atoms with E-state index in [9.17, 15) is 4.79 Å². The number of halogens is 1. The number of amides is 1. The number of hydrogen-bond donors (Lipinski definition) is 1. The molecule has 4 aromatic rings. The van der Waals surface area contributed by atoms with Crippen LogP contribution in [0.5, 0.6) is 17.2 Å². The highest BCUT2D eigenvalue weighted by Crippen LogP contribution is 2.37. The van der Waals surface area contributed by atoms with E-state index in [1.807, 2.05) is 56.0 Å². The van der Waals surface area contributed by atoms with Gasteiger partial charge in [-0.25, -0.2) is 19.3 Å². The normalized spacial score (nSPS) is 16.3. The Labute approximate surface area is 249 Å². The highest BCUT2D eigenvalue weighted by molar-refractivity contribution is 5.91. The van der Waals surface area contributed by atoms with Gasteiger partial charge in [-0.1, -0.05) is 6.08 Å². The van der Waals surface area contributed by atoms with E-state index in [-0.39, 0.29) is 17.6 Å². The molecule has 1 atom stereocenters. The number of aromatic nitrogens is 4. The van der Waals surface area contributed by atoms with Crippen molar-refractivity contribution in [3.63, 3.8) is 0 Å². The summed E-state index contributed by atoms with van der Waals surface area (Å²) in [5.41, 5.74) is 2.94. The number of likely N-dealkylation sites (N-methyl/N-ethyl adjacent to an activating group) is 1. The van der Waals surface area contributed by atoms with E-state index in [0.29, 0.717) is 72.7 Å². The minimum Gasteiger partial charge on any atom is -0.487 e. The molecule has 1 aromatic carbocycles. The minimum atomic E-state index is -0.505. The molecule has 1 amide bonds. The standard InChI is InChI=1S/C31H33FN8O3/c1-19-10-22(15-33-14-19)43-26-12-23(32)24(11-20(26)2)36-30-29-25(34-18-35-30)13-27-31(37-29)39-8-9-40(21(16-39)17-42-27)28(41)6-5-7-38(3)4/h5-6,10-15,18,21H,7-9,16-17H2,1-4H3,(H,34,35,36)/b6-5+/t21-/m0/s1. The molecule has 43 heavy (non-hydrogen) atoms. The molecule has 1 N–H and O–H groups in total. The molecule has 0 unspecified atom stereocenters. The van der Waals surface area contributed by atoms with Gasteiger partial charge in [0.1, 0.15) is 35.8 Å². The third kappa shape index (κ3) is 6.05. The van der Waals surface area contributed by atoms with Crippen LogP contribution in [0.2, 0.25) is 0 Å². The van der Waals surface area contributed by atoms with Crippen LogP contribution >= 0.6 is 0 Å². The lowest BCUT2D eigenvalue weighted by Gasteiger charge is -2.39. The van der Waals surface area contributed by atoms with Gasteiger partial charge < -0.3 is 29.5 Å². The topological polar surface area (TPSA) is 109 Å². The molecule has 0 spiro atoms. The SMILES string of the molecule is Cc1cncc(Oc2cc(F)c(Nc3ncnc4cc5c(nc34)N3CCN(C(=O)/C=C/CN(C)C)[C@H](CO5)C3)cc2C)c1. The Hall–Kier alpha value is -4.84. The van der Waals surface area contributed by atoms with Gasteiger partial charge in [0.05, 0.1) is 23.4 Å². The summed E-state index contributed by atoms with van der Waals surface area (Å²) in [6, 6.07) is 6.54. The Morgan fingerprint density at radius 2 is 2.05 bits per heavy atom. The number of fused-ring (bicyclic) bond motifs is 5. The Morgan fingerprint density at radius 1 is 1.19 bits per heavy atom. The van der Waals surface area contributed by atoms with Crippen LogP contribution < -0.4 is 19.7 Å². The van der Waals surface area contributed by atoms with Crippen molar-refractivity contribution >= 4 is 34.3 Å². The van der Waals surface area contributed by atoms with Crippen molar-refractivity contribution < 1.29 is 18.7 Å². The number of anilines is 3. The quantitative estimate of drug-likeness (QED) is 0.317. The van der Waals surface area contributed by atoms with Gasteiger partial charge in [0.25, 0.3) is 0 Å². The van der Waals surface area contributed by atoms with Gasteiger partial charge in [0.2, 0.25) is 5.91 Å². The first-order chi connectivity index (χ1) is 20.7. The number of nitrogens with one attached hydrogen (secondary N) is 1. The van der Waals surface area contributed by atoms with Gasteiger partial charge in [-0.3, -0.25) is 9.78 Å². The second kappa shape index (κ2) is 11.8. The van der Waals surface area contributed by atoms with Crippen molar-refractivity contribution in [1.82, 2.24) is 29.7 Å². The summed E-state index contributed by atoms with van der Waals surface area (Å²) >= 11 is 0. The first-order valence-electron chi connectivity index (χ1n) is 14.1. The molecule has 1 fully saturated rings. The van der Waals surface area contributed by atoms with Gasteiger partial charge >= 0.3 is 0 Å². The Kier molecular flexibility index (Phi) is 7.76. The third-order valence-corrected chi connectivity index (χ3v) is 7.38. The second-order valence-corrected chi connectivity index (χ2v) is 11.0. The van der Waals surface area contributed by atoms with Crippen LogP contribution in [-0.2, 0) is 4.79 Å². The molecular formula is C31H33FN8O3. The van der Waals surface area contributed by atoms with Crippen molar-refractivity contribution in [3.8, 4) is 17.2 Å². The Bertz CT molecular complexity index is 1710. The lowest BCUT2D eigenvalue weighted by atomic mass is 10.1. The molecule has 2 aliphatic heterocycles. The van der Waals surface area contributed by atoms with E-state index in [4.69, 9.17) is 14.5 Å². The second-order valence-electron chi connectivity index (χ2n) is 11.0. The van der Waals surface area contributed by atoms with Crippen molar-refractivity contribution in [1.29, 1.82) is 0 Å². The van der Waals surface area contributed by atoms with Crippen LogP contribution in [0.4, 0.5) is 21.7 Å². The maximum absolute atomic E-state index is 15.3. The van der Waals surface area contributed by atoms with Gasteiger partial charge in [-0.2, -0.15) is 0 Å². The molecule has 0 radical (unpaired) electrons. The highest BCUT2D eigenvalue weighted by Gasteiger charge is 2.35. The number of rotatable bonds is 7. The zero-order chi connectivity index (χ0) is 30.1. The largest absolute Gasteiger partial charge is 0.487 e. The Balaban J connectivity index is 1.24. The highest BCUT2D eigenvalue weighted by atomic mass is 19.1. The van der Waals surface area contributed by atoms with E-state index >= 15 is 4.39 Å². The molecular weight excluding hydrogens is 551 g/mol. The van der Waals surface area contributed by atoms with E-state index in [1.165, 1.54) is 12.4 Å². The summed E-state index contributed by atoms with van der Waals surface area (Å²) < 4.78 is 27.4. The molecule has 3 aromatic heterocycles. The predicted molar refractivity (Wildman–Crippen MR) is 162 cm³/mol. The molecule has 5 heterocycles. The first-order valence-corrected chi connectivity index (χ1v) is 14.1. The number of hydrogen-bond acceptors (Lipinski definition) is 10. The molecule has 2 bridgehead atoms. The van der Waals surface area contributed by atoms with Crippen molar-refractivity contribution in [2.24, 2.45) is 0 Å². The summed E-state index contributed by atoms with van der Waals surface area (Å²) in [5, 5.41) is 3.10. The molecule has 0 aliphatic carbocycles. The molecule has 0 saturated carbocycles. The minimum absolute atomic E-state index is 0.0270. The number of ether oxygens (including phenoxy) is 2. The van der Waals surface area contributed by atoms with E-state index in [2.05, 4.69) is 25.2 Å². The molecule has 1 saturated heterocycles. The van der Waals surface area contributed by atoms with Crippen LogP contribution in [-0.4, -0.2) is 88.6 Å². The molecule has 222 valence electrons. The van der Waals surface area contributed by atoms with Crippen LogP contribution in [0, 0.1) is 19.7 Å². The van der Waals surface area contributed by atoms with E-state index < -0.39 is 5.82 Å². The molecule has 2 aliphatic rings. The maximum Gasteiger partial charge on any atom is 0.246 e. The van der Waals surface area contributed by atoms with Crippen molar-refractivity contribution in [3.05, 3.63) is 72.1 Å². The zero-order valence-electron chi connectivity index (χ0n) is 24.5. The first kappa shape index (κ1) is 28.3. The average molecular weight is 585 g/mol. The summed E-state index contributed by atoms with van der Waals surface area (Å²) in [5.74, 6) is 1.99. The fourth-order valence-electron chi connectivity index (χ4n) is 5.22. The van der Waals surface area contributed by atoms with Gasteiger partial charge in [-0.05, 0) is 51.2 Å². The number of piperazine rings is 1. The Morgan fingerprint density at radius 3 is 2.86 bits per heavy atom. The fraction of sp³-hybridized carbons (Fsp3) is 0.323. The van der Waals surface area contributed by atoms with Gasteiger partial charge in [0, 0.05) is 50.6 Å². The van der Waals surface area contributed by atoms with Crippen LogP contribution in [0.25, 0.3) is 11.0 Å². The number of benzene rings is 1. The monoisotopic (exact) mass is 584 g/mol.